The van der Waals surface area contributed by atoms with E-state index in [1.165, 1.54) is 9.88 Å². The van der Waals surface area contributed by atoms with Crippen LogP contribution in [0.5, 0.6) is 5.75 Å². The van der Waals surface area contributed by atoms with E-state index in [1.807, 2.05) is 30.3 Å². The van der Waals surface area contributed by atoms with Crippen LogP contribution >= 0.6 is 11.3 Å². The van der Waals surface area contributed by atoms with Crippen LogP contribution in [0, 0.1) is 13.8 Å². The number of ether oxygens (including phenoxy) is 1. The maximum absolute atomic E-state index is 5.84. The van der Waals surface area contributed by atoms with E-state index in [1.54, 1.807) is 11.3 Å². The molecule has 4 heteroatoms. The lowest BCUT2D eigenvalue weighted by molar-refractivity contribution is 0.264. The van der Waals surface area contributed by atoms with Crippen molar-refractivity contribution in [1.29, 1.82) is 0 Å². The molecule has 0 aliphatic heterocycles. The number of thiazole rings is 1. The van der Waals surface area contributed by atoms with E-state index in [0.717, 1.165) is 24.4 Å². The first-order valence-corrected chi connectivity index (χ1v) is 7.84. The van der Waals surface area contributed by atoms with Gasteiger partial charge in [0.1, 0.15) is 12.4 Å². The van der Waals surface area contributed by atoms with Crippen LogP contribution in [-0.2, 0) is 6.42 Å². The fourth-order valence-corrected chi connectivity index (χ4v) is 3.04. The second kappa shape index (κ2) is 7.41. The molecule has 0 bridgehead atoms. The van der Waals surface area contributed by atoms with E-state index in [-0.39, 0.29) is 0 Å². The summed E-state index contributed by atoms with van der Waals surface area (Å²) in [5, 5.41) is 4.65. The van der Waals surface area contributed by atoms with Gasteiger partial charge in [-0.05, 0) is 32.5 Å². The zero-order valence-corrected chi connectivity index (χ0v) is 13.2. The third-order valence-electron chi connectivity index (χ3n) is 3.18. The third-order valence-corrected chi connectivity index (χ3v) is 4.28. The fourth-order valence-electron chi connectivity index (χ4n) is 2.03. The molecule has 0 spiro atoms. The first kappa shape index (κ1) is 15.0. The molecule has 1 atom stereocenters. The number of hydrogen-bond donors (Lipinski definition) is 1. The standard InChI is InChI=1S/C16H22N2OS/c1-4-17-14(10-16-18-12(2)13(3)20-16)11-19-15-8-6-5-7-9-15/h5-9,14,17H,4,10-11H2,1-3H3. The first-order chi connectivity index (χ1) is 9.69. The van der Waals surface area contributed by atoms with E-state index >= 15 is 0 Å². The van der Waals surface area contributed by atoms with Crippen molar-refractivity contribution >= 4 is 11.3 Å². The minimum Gasteiger partial charge on any atom is -0.492 e. The summed E-state index contributed by atoms with van der Waals surface area (Å²) in [6, 6.07) is 10.2. The molecule has 1 heterocycles. The highest BCUT2D eigenvalue weighted by atomic mass is 32.1. The molecule has 2 aromatic rings. The number of likely N-dealkylation sites (N-methyl/N-ethyl adjacent to an activating group) is 1. The van der Waals surface area contributed by atoms with E-state index < -0.39 is 0 Å². The van der Waals surface area contributed by atoms with E-state index in [9.17, 15) is 0 Å². The van der Waals surface area contributed by atoms with Gasteiger partial charge in [-0.3, -0.25) is 0 Å². The molecule has 0 aliphatic rings. The van der Waals surface area contributed by atoms with E-state index in [2.05, 4.69) is 31.1 Å². The summed E-state index contributed by atoms with van der Waals surface area (Å²) in [5.41, 5.74) is 1.14. The summed E-state index contributed by atoms with van der Waals surface area (Å²) in [6.07, 6.45) is 0.917. The molecular formula is C16H22N2OS. The summed E-state index contributed by atoms with van der Waals surface area (Å²) in [4.78, 5) is 5.92. The second-order valence-electron chi connectivity index (χ2n) is 4.83. The molecule has 1 aromatic heterocycles. The summed E-state index contributed by atoms with van der Waals surface area (Å²) in [7, 11) is 0. The number of aryl methyl sites for hydroxylation is 2. The van der Waals surface area contributed by atoms with Gasteiger partial charge in [-0.15, -0.1) is 11.3 Å². The van der Waals surface area contributed by atoms with Gasteiger partial charge in [0.15, 0.2) is 0 Å². The number of hydrogen-bond acceptors (Lipinski definition) is 4. The predicted octanol–water partition coefficient (Wildman–Crippen LogP) is 3.36. The number of aromatic nitrogens is 1. The Morgan fingerprint density at radius 1 is 1.25 bits per heavy atom. The van der Waals surface area contributed by atoms with Crippen LogP contribution in [0.2, 0.25) is 0 Å². The Morgan fingerprint density at radius 3 is 2.60 bits per heavy atom. The Hall–Kier alpha value is -1.39. The molecule has 0 amide bonds. The molecule has 0 saturated heterocycles. The lowest BCUT2D eigenvalue weighted by Crippen LogP contribution is -2.36. The quantitative estimate of drug-likeness (QED) is 0.849. The average Bonchev–Trinajstić information content (AvgIpc) is 2.76. The molecule has 1 N–H and O–H groups in total. The molecule has 1 aromatic carbocycles. The van der Waals surface area contributed by atoms with Crippen molar-refractivity contribution in [2.45, 2.75) is 33.2 Å². The Balaban J connectivity index is 1.93. The van der Waals surface area contributed by atoms with Crippen molar-refractivity contribution in [3.63, 3.8) is 0 Å². The predicted molar refractivity (Wildman–Crippen MR) is 84.7 cm³/mol. The maximum atomic E-state index is 5.84. The highest BCUT2D eigenvalue weighted by molar-refractivity contribution is 7.11. The highest BCUT2D eigenvalue weighted by Crippen LogP contribution is 2.18. The summed E-state index contributed by atoms with van der Waals surface area (Å²) >= 11 is 1.78. The topological polar surface area (TPSA) is 34.1 Å². The van der Waals surface area contributed by atoms with Crippen molar-refractivity contribution < 1.29 is 4.74 Å². The zero-order chi connectivity index (χ0) is 14.4. The van der Waals surface area contributed by atoms with Gasteiger partial charge in [-0.1, -0.05) is 25.1 Å². The Bertz CT molecular complexity index is 505. The molecule has 0 fully saturated rings. The van der Waals surface area contributed by atoms with Crippen molar-refractivity contribution in [2.75, 3.05) is 13.2 Å². The third kappa shape index (κ3) is 4.32. The van der Waals surface area contributed by atoms with Crippen LogP contribution in [0.1, 0.15) is 22.5 Å². The fraction of sp³-hybridized carbons (Fsp3) is 0.438. The Morgan fingerprint density at radius 2 is 2.00 bits per heavy atom. The molecule has 108 valence electrons. The van der Waals surface area contributed by atoms with Crippen LogP contribution in [0.15, 0.2) is 30.3 Å². The van der Waals surface area contributed by atoms with Gasteiger partial charge in [-0.25, -0.2) is 4.98 Å². The molecule has 2 rings (SSSR count). The molecular weight excluding hydrogens is 268 g/mol. The van der Waals surface area contributed by atoms with Crippen molar-refractivity contribution in [3.05, 3.63) is 45.9 Å². The largest absolute Gasteiger partial charge is 0.492 e. The van der Waals surface area contributed by atoms with Gasteiger partial charge in [0.25, 0.3) is 0 Å². The Kier molecular flexibility index (Phi) is 5.56. The number of nitrogens with one attached hydrogen (secondary N) is 1. The minimum atomic E-state index is 0.296. The van der Waals surface area contributed by atoms with Gasteiger partial charge >= 0.3 is 0 Å². The van der Waals surface area contributed by atoms with Crippen LogP contribution in [0.25, 0.3) is 0 Å². The van der Waals surface area contributed by atoms with Crippen LogP contribution < -0.4 is 10.1 Å². The molecule has 1 unspecified atom stereocenters. The SMILES string of the molecule is CCNC(COc1ccccc1)Cc1nc(C)c(C)s1. The number of rotatable bonds is 7. The zero-order valence-electron chi connectivity index (χ0n) is 12.3. The van der Waals surface area contributed by atoms with Crippen LogP contribution in [0.4, 0.5) is 0 Å². The number of benzene rings is 1. The molecule has 20 heavy (non-hydrogen) atoms. The molecule has 0 radical (unpaired) electrons. The van der Waals surface area contributed by atoms with Crippen molar-refractivity contribution in [1.82, 2.24) is 10.3 Å². The first-order valence-electron chi connectivity index (χ1n) is 7.03. The van der Waals surface area contributed by atoms with Crippen molar-refractivity contribution in [3.8, 4) is 5.75 Å². The van der Waals surface area contributed by atoms with E-state index in [0.29, 0.717) is 12.6 Å². The van der Waals surface area contributed by atoms with Gasteiger partial charge in [0.2, 0.25) is 0 Å². The minimum absolute atomic E-state index is 0.296. The summed E-state index contributed by atoms with van der Waals surface area (Å²) in [5.74, 6) is 0.918. The van der Waals surface area contributed by atoms with Gasteiger partial charge < -0.3 is 10.1 Å². The summed E-state index contributed by atoms with van der Waals surface area (Å²) in [6.45, 7) is 7.91. The van der Waals surface area contributed by atoms with Gasteiger partial charge in [0.05, 0.1) is 10.7 Å². The van der Waals surface area contributed by atoms with Gasteiger partial charge in [-0.2, -0.15) is 0 Å². The molecule has 3 nitrogen and oxygen atoms in total. The van der Waals surface area contributed by atoms with Crippen LogP contribution in [-0.4, -0.2) is 24.2 Å². The number of para-hydroxylation sites is 1. The molecule has 0 aliphatic carbocycles. The lowest BCUT2D eigenvalue weighted by atomic mass is 10.2. The monoisotopic (exact) mass is 290 g/mol. The van der Waals surface area contributed by atoms with Crippen LogP contribution in [0.3, 0.4) is 0 Å². The lowest BCUT2D eigenvalue weighted by Gasteiger charge is -2.17. The molecule has 0 saturated carbocycles. The normalized spacial score (nSPS) is 12.3. The van der Waals surface area contributed by atoms with Crippen molar-refractivity contribution in [2.24, 2.45) is 0 Å². The van der Waals surface area contributed by atoms with Gasteiger partial charge in [0, 0.05) is 17.3 Å². The smallest absolute Gasteiger partial charge is 0.119 e. The summed E-state index contributed by atoms with van der Waals surface area (Å²) < 4.78 is 5.84. The Labute approximate surface area is 125 Å². The van der Waals surface area contributed by atoms with E-state index in [4.69, 9.17) is 4.74 Å². The maximum Gasteiger partial charge on any atom is 0.119 e. The highest BCUT2D eigenvalue weighted by Gasteiger charge is 2.13. The average molecular weight is 290 g/mol. The second-order valence-corrected chi connectivity index (χ2v) is 6.12. The number of nitrogens with zero attached hydrogens (tertiary/aromatic N) is 1.